The topological polar surface area (TPSA) is 85.0 Å². The van der Waals surface area contributed by atoms with Crippen LogP contribution in [0.15, 0.2) is 91.0 Å². The maximum atomic E-state index is 11.6. The molecule has 0 fully saturated rings. The molecule has 4 rings (SSSR count). The van der Waals surface area contributed by atoms with Gasteiger partial charge in [-0.25, -0.2) is 0 Å². The number of nitrogens with two attached hydrogens (primary N) is 1. The van der Waals surface area contributed by atoms with Gasteiger partial charge in [-0.15, -0.1) is 0 Å². The van der Waals surface area contributed by atoms with Crippen LogP contribution in [0.5, 0.6) is 11.5 Å². The molecule has 6 nitrogen and oxygen atoms in total. The van der Waals surface area contributed by atoms with Crippen LogP contribution >= 0.6 is 0 Å². The minimum Gasteiger partial charge on any atom is -0.489 e. The molecule has 0 aliphatic heterocycles. The number of benzene rings is 4. The van der Waals surface area contributed by atoms with Crippen LogP contribution in [0.2, 0.25) is 0 Å². The van der Waals surface area contributed by atoms with Crippen molar-refractivity contribution in [1.29, 1.82) is 0 Å². The summed E-state index contributed by atoms with van der Waals surface area (Å²) in [4.78, 5) is 13.8. The Morgan fingerprint density at radius 1 is 0.773 bits per heavy atom. The lowest BCUT2D eigenvalue weighted by Crippen LogP contribution is -2.35. The van der Waals surface area contributed by atoms with Gasteiger partial charge >= 0.3 is 5.97 Å². The molecule has 0 unspecified atom stereocenters. The van der Waals surface area contributed by atoms with Crippen molar-refractivity contribution < 1.29 is 19.4 Å². The van der Waals surface area contributed by atoms with Crippen LogP contribution < -0.4 is 15.2 Å². The van der Waals surface area contributed by atoms with Gasteiger partial charge in [-0.1, -0.05) is 111 Å². The molecule has 0 spiro atoms. The number of carbonyl (C=O) groups is 1. The molecular weight excluding hydrogens is 548 g/mol. The van der Waals surface area contributed by atoms with Crippen LogP contribution in [0.4, 0.5) is 0 Å². The largest absolute Gasteiger partial charge is 0.489 e. The molecule has 0 radical (unpaired) electrons. The van der Waals surface area contributed by atoms with Crippen molar-refractivity contribution in [2.24, 2.45) is 5.73 Å². The summed E-state index contributed by atoms with van der Waals surface area (Å²) in [6.45, 7) is 13.3. The quantitative estimate of drug-likeness (QED) is 0.157. The molecule has 0 heterocycles. The second-order valence-corrected chi connectivity index (χ2v) is 12.7. The molecule has 0 amide bonds. The zero-order chi connectivity index (χ0) is 31.7. The van der Waals surface area contributed by atoms with Gasteiger partial charge in [-0.3, -0.25) is 9.69 Å². The van der Waals surface area contributed by atoms with Gasteiger partial charge in [0.15, 0.2) is 0 Å². The minimum atomic E-state index is -0.997. The fraction of sp³-hybridized carbons (Fsp3) is 0.342. The number of aryl methyl sites for hydroxylation is 2. The number of para-hydroxylation sites is 1. The van der Waals surface area contributed by atoms with Crippen LogP contribution in [0, 0.1) is 13.8 Å². The molecule has 0 aliphatic rings. The van der Waals surface area contributed by atoms with E-state index >= 15 is 0 Å². The first kappa shape index (κ1) is 32.8. The Balaban J connectivity index is 1.61. The molecule has 0 saturated heterocycles. The van der Waals surface area contributed by atoms with Gasteiger partial charge in [0.25, 0.3) is 0 Å². The Morgan fingerprint density at radius 3 is 1.91 bits per heavy atom. The van der Waals surface area contributed by atoms with E-state index < -0.39 is 12.0 Å². The summed E-state index contributed by atoms with van der Waals surface area (Å²) >= 11 is 0. The summed E-state index contributed by atoms with van der Waals surface area (Å²) in [6, 6.07) is 30.1. The summed E-state index contributed by atoms with van der Waals surface area (Å²) in [5.74, 6) is 0.626. The summed E-state index contributed by atoms with van der Waals surface area (Å²) in [7, 11) is 0. The average molecular weight is 595 g/mol. The van der Waals surface area contributed by atoms with E-state index in [9.17, 15) is 9.90 Å². The Morgan fingerprint density at radius 2 is 1.34 bits per heavy atom. The third-order valence-corrected chi connectivity index (χ3v) is 7.71. The van der Waals surface area contributed by atoms with E-state index in [-0.39, 0.29) is 5.41 Å². The molecule has 6 heteroatoms. The predicted molar refractivity (Wildman–Crippen MR) is 177 cm³/mol. The lowest BCUT2D eigenvalue weighted by Gasteiger charge is -2.27. The summed E-state index contributed by atoms with van der Waals surface area (Å²) < 4.78 is 12.7. The second kappa shape index (κ2) is 15.0. The van der Waals surface area contributed by atoms with Crippen LogP contribution in [0.1, 0.15) is 66.1 Å². The number of ether oxygens (including phenoxy) is 2. The summed E-state index contributed by atoms with van der Waals surface area (Å²) in [5.41, 5.74) is 13.8. The number of aliphatic carboxylic acids is 1. The fourth-order valence-corrected chi connectivity index (χ4v) is 5.15. The first-order chi connectivity index (χ1) is 21.0. The van der Waals surface area contributed by atoms with E-state index in [0.717, 1.165) is 33.8 Å². The number of nitrogens with zero attached hydrogens (tertiary/aromatic N) is 1. The highest BCUT2D eigenvalue weighted by atomic mass is 16.5. The van der Waals surface area contributed by atoms with E-state index in [1.54, 1.807) is 0 Å². The van der Waals surface area contributed by atoms with Crippen LogP contribution in [0.25, 0.3) is 0 Å². The SMILES string of the molecule is Cc1cccc(COc2ccccc2CN(CC[C@H](N)C(=O)O)Cc2cc(C(C)(C)C)ccc2OCc2cccc(C)c2)c1. The summed E-state index contributed by atoms with van der Waals surface area (Å²) in [6.07, 6.45) is 0.320. The Hall–Kier alpha value is -4.13. The average Bonchev–Trinajstić information content (AvgIpc) is 2.98. The van der Waals surface area contributed by atoms with Crippen LogP contribution in [-0.2, 0) is 36.5 Å². The van der Waals surface area contributed by atoms with Crippen LogP contribution in [0.3, 0.4) is 0 Å². The van der Waals surface area contributed by atoms with Gasteiger partial charge in [0.2, 0.25) is 0 Å². The monoisotopic (exact) mass is 594 g/mol. The maximum absolute atomic E-state index is 11.6. The highest BCUT2D eigenvalue weighted by molar-refractivity contribution is 5.73. The van der Waals surface area contributed by atoms with Crippen molar-refractivity contribution in [3.8, 4) is 11.5 Å². The number of hydrogen-bond acceptors (Lipinski definition) is 5. The molecule has 4 aromatic rings. The molecular formula is C38H46N2O4. The lowest BCUT2D eigenvalue weighted by molar-refractivity contribution is -0.138. The van der Waals surface area contributed by atoms with Crippen molar-refractivity contribution >= 4 is 5.97 Å². The number of hydrogen-bond donors (Lipinski definition) is 2. The Kier molecular flexibility index (Phi) is 11.2. The fourth-order valence-electron chi connectivity index (χ4n) is 5.15. The van der Waals surface area contributed by atoms with E-state index in [4.69, 9.17) is 15.2 Å². The first-order valence-electron chi connectivity index (χ1n) is 15.3. The lowest BCUT2D eigenvalue weighted by atomic mass is 9.86. The molecule has 3 N–H and O–H groups in total. The van der Waals surface area contributed by atoms with Gasteiger partial charge in [-0.2, -0.15) is 0 Å². The van der Waals surface area contributed by atoms with Crippen molar-refractivity contribution in [2.45, 2.75) is 78.8 Å². The van der Waals surface area contributed by atoms with Gasteiger partial charge in [0.05, 0.1) is 0 Å². The van der Waals surface area contributed by atoms with Crippen molar-refractivity contribution in [3.63, 3.8) is 0 Å². The van der Waals surface area contributed by atoms with Gasteiger partial charge in [0, 0.05) is 30.8 Å². The molecule has 1 atom stereocenters. The molecule has 0 saturated carbocycles. The molecule has 0 bridgehead atoms. The minimum absolute atomic E-state index is 0.0451. The molecule has 0 aliphatic carbocycles. The van der Waals surface area contributed by atoms with Crippen molar-refractivity contribution in [3.05, 3.63) is 130 Å². The van der Waals surface area contributed by atoms with Crippen molar-refractivity contribution in [1.82, 2.24) is 4.90 Å². The second-order valence-electron chi connectivity index (χ2n) is 12.7. The highest BCUT2D eigenvalue weighted by Crippen LogP contribution is 2.31. The van der Waals surface area contributed by atoms with Crippen LogP contribution in [-0.4, -0.2) is 28.6 Å². The predicted octanol–water partition coefficient (Wildman–Crippen LogP) is 7.56. The molecule has 44 heavy (non-hydrogen) atoms. The maximum Gasteiger partial charge on any atom is 0.320 e. The normalized spacial score (nSPS) is 12.2. The Bertz CT molecular complexity index is 1540. The standard InChI is InChI=1S/C38H46N2O4/c1-27-10-8-12-29(20-27)25-43-35-15-7-6-14-31(35)23-40(19-18-34(39)37(41)42)24-32-22-33(38(3,4)5)16-17-36(32)44-26-30-13-9-11-28(2)21-30/h6-17,20-22,34H,18-19,23-26,39H2,1-5H3,(H,41,42)/t34-/m0/s1. The highest BCUT2D eigenvalue weighted by Gasteiger charge is 2.20. The third-order valence-electron chi connectivity index (χ3n) is 7.71. The van der Waals surface area contributed by atoms with E-state index in [1.807, 2.05) is 30.3 Å². The smallest absolute Gasteiger partial charge is 0.320 e. The van der Waals surface area contributed by atoms with Gasteiger partial charge in [0.1, 0.15) is 30.8 Å². The van der Waals surface area contributed by atoms with E-state index in [0.29, 0.717) is 39.3 Å². The first-order valence-corrected chi connectivity index (χ1v) is 15.3. The number of rotatable bonds is 14. The Labute approximate surface area is 262 Å². The van der Waals surface area contributed by atoms with E-state index in [1.165, 1.54) is 16.7 Å². The van der Waals surface area contributed by atoms with Gasteiger partial charge < -0.3 is 20.3 Å². The zero-order valence-electron chi connectivity index (χ0n) is 26.7. The molecule has 0 aromatic heterocycles. The third kappa shape index (κ3) is 9.69. The zero-order valence-corrected chi connectivity index (χ0v) is 26.7. The summed E-state index contributed by atoms with van der Waals surface area (Å²) in [5, 5.41) is 9.50. The van der Waals surface area contributed by atoms with E-state index in [2.05, 4.69) is 100 Å². The van der Waals surface area contributed by atoms with Gasteiger partial charge in [-0.05, 0) is 54.5 Å². The molecule has 232 valence electrons. The molecule has 4 aromatic carbocycles. The van der Waals surface area contributed by atoms with Crippen molar-refractivity contribution in [2.75, 3.05) is 6.54 Å². The number of carboxylic acid groups (broad SMARTS) is 1. The number of carboxylic acids is 1.